The quantitative estimate of drug-likeness (QED) is 0.316. The van der Waals surface area contributed by atoms with E-state index in [0.717, 1.165) is 16.3 Å². The molecule has 0 aliphatic rings. The van der Waals surface area contributed by atoms with E-state index in [4.69, 9.17) is 16.3 Å². The molecule has 214 valence electrons. The fraction of sp³-hybridized carbons (Fsp3) is 0.333. The zero-order chi connectivity index (χ0) is 29.4. The van der Waals surface area contributed by atoms with Gasteiger partial charge in [-0.3, -0.25) is 13.9 Å². The SMILES string of the molecule is CCC(C)NC(=O)C(C)N(Cc1cccc(Cl)c1)C(=O)CN(c1cc(C)ccc1OC)S(=O)(=O)c1ccccc1. The molecule has 3 aromatic carbocycles. The van der Waals surface area contributed by atoms with Crippen LogP contribution < -0.4 is 14.4 Å². The number of methoxy groups -OCH3 is 1. The number of hydrogen-bond donors (Lipinski definition) is 1. The summed E-state index contributed by atoms with van der Waals surface area (Å²) in [7, 11) is -2.76. The summed E-state index contributed by atoms with van der Waals surface area (Å²) in [6.45, 7) is 6.78. The third kappa shape index (κ3) is 7.55. The van der Waals surface area contributed by atoms with Crippen molar-refractivity contribution >= 4 is 39.1 Å². The predicted molar refractivity (Wildman–Crippen MR) is 158 cm³/mol. The fourth-order valence-corrected chi connectivity index (χ4v) is 5.76. The van der Waals surface area contributed by atoms with Crippen LogP contribution in [-0.4, -0.2) is 50.9 Å². The molecule has 0 aliphatic carbocycles. The molecule has 1 N–H and O–H groups in total. The molecular formula is C30H36ClN3O5S. The van der Waals surface area contributed by atoms with Crippen LogP contribution in [0.4, 0.5) is 5.69 Å². The molecule has 0 aliphatic heterocycles. The van der Waals surface area contributed by atoms with Gasteiger partial charge in [0.25, 0.3) is 10.0 Å². The predicted octanol–water partition coefficient (Wildman–Crippen LogP) is 5.18. The first-order valence-electron chi connectivity index (χ1n) is 13.0. The van der Waals surface area contributed by atoms with Crippen molar-refractivity contribution in [1.29, 1.82) is 0 Å². The molecule has 3 aromatic rings. The van der Waals surface area contributed by atoms with Gasteiger partial charge in [0, 0.05) is 17.6 Å². The van der Waals surface area contributed by atoms with Gasteiger partial charge in [-0.2, -0.15) is 0 Å². The van der Waals surface area contributed by atoms with Crippen LogP contribution in [0.5, 0.6) is 5.75 Å². The van der Waals surface area contributed by atoms with Crippen LogP contribution in [-0.2, 0) is 26.2 Å². The maximum absolute atomic E-state index is 14.0. The molecule has 2 unspecified atom stereocenters. The lowest BCUT2D eigenvalue weighted by Crippen LogP contribution is -2.52. The lowest BCUT2D eigenvalue weighted by molar-refractivity contribution is -0.139. The minimum absolute atomic E-state index is 0.0234. The molecule has 0 spiro atoms. The second kappa shape index (κ2) is 13.7. The van der Waals surface area contributed by atoms with Gasteiger partial charge in [0.05, 0.1) is 17.7 Å². The summed E-state index contributed by atoms with van der Waals surface area (Å²) in [5.41, 5.74) is 1.71. The van der Waals surface area contributed by atoms with Gasteiger partial charge in [0.1, 0.15) is 18.3 Å². The smallest absolute Gasteiger partial charge is 0.264 e. The first-order chi connectivity index (χ1) is 19.0. The van der Waals surface area contributed by atoms with E-state index in [9.17, 15) is 18.0 Å². The molecule has 40 heavy (non-hydrogen) atoms. The van der Waals surface area contributed by atoms with E-state index in [1.807, 2.05) is 20.8 Å². The number of aryl methyl sites for hydroxylation is 1. The van der Waals surface area contributed by atoms with E-state index in [0.29, 0.717) is 16.3 Å². The van der Waals surface area contributed by atoms with E-state index < -0.39 is 28.5 Å². The maximum Gasteiger partial charge on any atom is 0.264 e. The summed E-state index contributed by atoms with van der Waals surface area (Å²) in [4.78, 5) is 28.6. The van der Waals surface area contributed by atoms with Crippen LogP contribution in [0.15, 0.2) is 77.7 Å². The van der Waals surface area contributed by atoms with Gasteiger partial charge in [-0.15, -0.1) is 0 Å². The average Bonchev–Trinajstić information content (AvgIpc) is 2.94. The van der Waals surface area contributed by atoms with Crippen molar-refractivity contribution in [1.82, 2.24) is 10.2 Å². The monoisotopic (exact) mass is 585 g/mol. The fourth-order valence-electron chi connectivity index (χ4n) is 4.11. The Kier molecular flexibility index (Phi) is 10.6. The number of benzene rings is 3. The zero-order valence-electron chi connectivity index (χ0n) is 23.4. The Morgan fingerprint density at radius 3 is 2.33 bits per heavy atom. The minimum Gasteiger partial charge on any atom is -0.495 e. The number of sulfonamides is 1. The summed E-state index contributed by atoms with van der Waals surface area (Å²) in [5.74, 6) is -0.605. The first-order valence-corrected chi connectivity index (χ1v) is 14.9. The van der Waals surface area contributed by atoms with Gasteiger partial charge >= 0.3 is 0 Å². The van der Waals surface area contributed by atoms with Gasteiger partial charge in [-0.1, -0.05) is 54.9 Å². The highest BCUT2D eigenvalue weighted by atomic mass is 35.5. The lowest BCUT2D eigenvalue weighted by Gasteiger charge is -2.33. The van der Waals surface area contributed by atoms with Crippen LogP contribution in [0.1, 0.15) is 38.3 Å². The molecule has 0 fully saturated rings. The van der Waals surface area contributed by atoms with Crippen molar-refractivity contribution in [2.45, 2.75) is 57.6 Å². The van der Waals surface area contributed by atoms with Crippen molar-refractivity contribution in [2.75, 3.05) is 18.0 Å². The number of amides is 2. The second-order valence-corrected chi connectivity index (χ2v) is 11.9. The topological polar surface area (TPSA) is 96.0 Å². The standard InChI is InChI=1S/C30H36ClN3O5S/c1-6-22(3)32-30(36)23(4)33(19-24-11-10-12-25(31)18-24)29(35)20-34(27-17-21(2)15-16-28(27)39-5)40(37,38)26-13-8-7-9-14-26/h7-18,22-23H,6,19-20H2,1-5H3,(H,32,36). The Bertz CT molecular complexity index is 1430. The number of nitrogens with one attached hydrogen (secondary N) is 1. The van der Waals surface area contributed by atoms with Crippen molar-refractivity contribution in [3.63, 3.8) is 0 Å². The largest absolute Gasteiger partial charge is 0.495 e. The Hall–Kier alpha value is -3.56. The normalized spacial score (nSPS) is 12.8. The number of carbonyl (C=O) groups is 2. The van der Waals surface area contributed by atoms with E-state index in [2.05, 4.69) is 5.32 Å². The van der Waals surface area contributed by atoms with Gasteiger partial charge in [-0.05, 0) is 74.7 Å². The number of halogens is 1. The molecule has 3 rings (SSSR count). The summed E-state index contributed by atoms with van der Waals surface area (Å²) in [6.07, 6.45) is 0.719. The maximum atomic E-state index is 14.0. The average molecular weight is 586 g/mol. The van der Waals surface area contributed by atoms with Crippen molar-refractivity contribution < 1.29 is 22.7 Å². The van der Waals surface area contributed by atoms with Crippen LogP contribution in [0.2, 0.25) is 5.02 Å². The molecule has 2 amide bonds. The van der Waals surface area contributed by atoms with Crippen LogP contribution in [0.3, 0.4) is 0 Å². The Morgan fingerprint density at radius 1 is 1.00 bits per heavy atom. The molecule has 0 aromatic heterocycles. The summed E-state index contributed by atoms with van der Waals surface area (Å²) >= 11 is 6.19. The summed E-state index contributed by atoms with van der Waals surface area (Å²) in [5, 5.41) is 3.40. The number of hydrogen-bond acceptors (Lipinski definition) is 5. The molecular weight excluding hydrogens is 550 g/mol. The highest BCUT2D eigenvalue weighted by Gasteiger charge is 2.34. The van der Waals surface area contributed by atoms with Crippen LogP contribution >= 0.6 is 11.6 Å². The third-order valence-corrected chi connectivity index (χ3v) is 8.63. The highest BCUT2D eigenvalue weighted by molar-refractivity contribution is 7.92. The van der Waals surface area contributed by atoms with Gasteiger partial charge in [0.2, 0.25) is 11.8 Å². The van der Waals surface area contributed by atoms with Gasteiger partial charge < -0.3 is 15.0 Å². The van der Waals surface area contributed by atoms with Crippen LogP contribution in [0, 0.1) is 6.92 Å². The second-order valence-electron chi connectivity index (χ2n) is 9.65. The number of rotatable bonds is 12. The molecule has 0 radical (unpaired) electrons. The molecule has 0 saturated heterocycles. The Labute approximate surface area is 241 Å². The summed E-state index contributed by atoms with van der Waals surface area (Å²) < 4.78 is 34.5. The number of anilines is 1. The van der Waals surface area contributed by atoms with E-state index in [-0.39, 0.29) is 29.1 Å². The summed E-state index contributed by atoms with van der Waals surface area (Å²) in [6, 6.07) is 19.0. The minimum atomic E-state index is -4.20. The first kappa shape index (κ1) is 31.0. The molecule has 2 atom stereocenters. The zero-order valence-corrected chi connectivity index (χ0v) is 25.0. The van der Waals surface area contributed by atoms with Crippen molar-refractivity contribution in [3.8, 4) is 5.75 Å². The molecule has 0 bridgehead atoms. The van der Waals surface area contributed by atoms with E-state index in [1.54, 1.807) is 67.6 Å². The van der Waals surface area contributed by atoms with E-state index in [1.165, 1.54) is 24.1 Å². The van der Waals surface area contributed by atoms with Crippen molar-refractivity contribution in [2.24, 2.45) is 0 Å². The number of nitrogens with zero attached hydrogens (tertiary/aromatic N) is 2. The van der Waals surface area contributed by atoms with Gasteiger partial charge in [0.15, 0.2) is 0 Å². The van der Waals surface area contributed by atoms with Crippen LogP contribution in [0.25, 0.3) is 0 Å². The number of ether oxygens (including phenoxy) is 1. The molecule has 0 saturated carbocycles. The lowest BCUT2D eigenvalue weighted by atomic mass is 10.1. The van der Waals surface area contributed by atoms with Crippen molar-refractivity contribution in [3.05, 3.63) is 88.9 Å². The Balaban J connectivity index is 2.08. The number of carbonyl (C=O) groups excluding carboxylic acids is 2. The van der Waals surface area contributed by atoms with E-state index >= 15 is 0 Å². The highest BCUT2D eigenvalue weighted by Crippen LogP contribution is 2.33. The molecule has 8 nitrogen and oxygen atoms in total. The third-order valence-electron chi connectivity index (χ3n) is 6.62. The molecule has 0 heterocycles. The van der Waals surface area contributed by atoms with Gasteiger partial charge in [-0.25, -0.2) is 8.42 Å². The Morgan fingerprint density at radius 2 is 1.70 bits per heavy atom. The molecule has 10 heteroatoms.